The third-order valence-electron chi connectivity index (χ3n) is 10.7. The van der Waals surface area contributed by atoms with Gasteiger partial charge in [0.1, 0.15) is 0 Å². The average molecular weight is 689 g/mol. The van der Waals surface area contributed by atoms with E-state index in [1.54, 1.807) is 0 Å². The molecule has 3 aromatic heterocycles. The van der Waals surface area contributed by atoms with Crippen molar-refractivity contribution in [1.29, 1.82) is 0 Å². The van der Waals surface area contributed by atoms with Gasteiger partial charge < -0.3 is 4.57 Å². The van der Waals surface area contributed by atoms with E-state index >= 15 is 0 Å². The van der Waals surface area contributed by atoms with E-state index in [1.165, 1.54) is 43.4 Å². The Kier molecular flexibility index (Phi) is 6.82. The topological polar surface area (TPSA) is 35.6 Å². The van der Waals surface area contributed by atoms with Crippen LogP contribution in [0.25, 0.3) is 99.4 Å². The molecular weight excluding hydrogens is 657 g/mol. The first-order chi connectivity index (χ1) is 26.8. The van der Waals surface area contributed by atoms with Crippen molar-refractivity contribution in [3.05, 3.63) is 194 Å². The van der Waals surface area contributed by atoms with E-state index in [0.717, 1.165) is 56.0 Å². The zero-order valence-electron chi connectivity index (χ0n) is 29.3. The van der Waals surface area contributed by atoms with Gasteiger partial charge in [-0.1, -0.05) is 140 Å². The van der Waals surface area contributed by atoms with Crippen molar-refractivity contribution in [3.8, 4) is 45.0 Å². The average Bonchev–Trinajstić information content (AvgIpc) is 3.79. The number of nitrogens with zero attached hydrogens (tertiary/aromatic N) is 4. The Morgan fingerprint density at radius 2 is 0.852 bits per heavy atom. The van der Waals surface area contributed by atoms with Gasteiger partial charge in [-0.05, 0) is 70.1 Å². The first-order valence-electron chi connectivity index (χ1n) is 18.3. The molecule has 0 N–H and O–H groups in total. The fourth-order valence-corrected chi connectivity index (χ4v) is 8.45. The lowest BCUT2D eigenvalue weighted by Gasteiger charge is -2.14. The molecule has 4 nitrogen and oxygen atoms in total. The van der Waals surface area contributed by atoms with E-state index in [4.69, 9.17) is 9.97 Å². The second-order valence-corrected chi connectivity index (χ2v) is 13.8. The van der Waals surface area contributed by atoms with Crippen LogP contribution in [-0.4, -0.2) is 19.1 Å². The van der Waals surface area contributed by atoms with E-state index in [0.29, 0.717) is 0 Å². The lowest BCUT2D eigenvalue weighted by molar-refractivity contribution is 1.05. The van der Waals surface area contributed by atoms with Crippen LogP contribution in [0.1, 0.15) is 0 Å². The molecule has 0 spiro atoms. The molecule has 3 heterocycles. The minimum atomic E-state index is 0.776. The van der Waals surface area contributed by atoms with Gasteiger partial charge in [-0.2, -0.15) is 0 Å². The quantitative estimate of drug-likeness (QED) is 0.180. The highest BCUT2D eigenvalue weighted by Gasteiger charge is 2.25. The summed E-state index contributed by atoms with van der Waals surface area (Å²) in [6.45, 7) is 0. The third kappa shape index (κ3) is 4.64. The predicted molar refractivity (Wildman–Crippen MR) is 225 cm³/mol. The summed E-state index contributed by atoms with van der Waals surface area (Å²) in [6, 6.07) is 64.9. The van der Waals surface area contributed by atoms with Crippen LogP contribution < -0.4 is 0 Å². The predicted octanol–water partition coefficient (Wildman–Crippen LogP) is 12.8. The van der Waals surface area contributed by atoms with Crippen molar-refractivity contribution in [3.63, 3.8) is 0 Å². The smallest absolute Gasteiger partial charge is 0.156 e. The molecule has 252 valence electrons. The molecule has 0 radical (unpaired) electrons. The Balaban J connectivity index is 1.25. The summed E-state index contributed by atoms with van der Waals surface area (Å²) in [5.74, 6) is 0.776. The molecule has 8 aromatic carbocycles. The molecule has 0 atom stereocenters. The van der Waals surface area contributed by atoms with Gasteiger partial charge in [-0.15, -0.1) is 0 Å². The van der Waals surface area contributed by atoms with Crippen LogP contribution in [0, 0.1) is 0 Å². The molecule has 0 aliphatic heterocycles. The van der Waals surface area contributed by atoms with Gasteiger partial charge in [0.25, 0.3) is 0 Å². The van der Waals surface area contributed by atoms with E-state index < -0.39 is 0 Å². The summed E-state index contributed by atoms with van der Waals surface area (Å²) in [5.41, 5.74) is 12.1. The third-order valence-corrected chi connectivity index (χ3v) is 10.7. The summed E-state index contributed by atoms with van der Waals surface area (Å²) < 4.78 is 4.77. The normalized spacial score (nSPS) is 11.7. The zero-order chi connectivity index (χ0) is 35.6. The molecule has 54 heavy (non-hydrogen) atoms. The fraction of sp³-hybridized carbons (Fsp3) is 0. The zero-order valence-corrected chi connectivity index (χ0v) is 29.3. The van der Waals surface area contributed by atoms with Crippen molar-refractivity contribution >= 4 is 54.4 Å². The summed E-state index contributed by atoms with van der Waals surface area (Å²) in [6.07, 6.45) is 3.80. The highest BCUT2D eigenvalue weighted by Crippen LogP contribution is 2.46. The van der Waals surface area contributed by atoms with Gasteiger partial charge in [0.05, 0.1) is 40.2 Å². The van der Waals surface area contributed by atoms with Crippen LogP contribution in [0.5, 0.6) is 0 Å². The summed E-state index contributed by atoms with van der Waals surface area (Å²) in [4.78, 5) is 10.4. The summed E-state index contributed by atoms with van der Waals surface area (Å²) in [7, 11) is 0. The largest absolute Gasteiger partial charge is 0.309 e. The minimum absolute atomic E-state index is 0.776. The van der Waals surface area contributed by atoms with Crippen molar-refractivity contribution in [1.82, 2.24) is 19.1 Å². The Morgan fingerprint density at radius 1 is 0.352 bits per heavy atom. The van der Waals surface area contributed by atoms with Crippen LogP contribution in [0.3, 0.4) is 0 Å². The van der Waals surface area contributed by atoms with Gasteiger partial charge >= 0.3 is 0 Å². The van der Waals surface area contributed by atoms with Gasteiger partial charge in [0.2, 0.25) is 0 Å². The molecule has 0 saturated carbocycles. The lowest BCUT2D eigenvalue weighted by Crippen LogP contribution is -2.01. The van der Waals surface area contributed by atoms with Crippen molar-refractivity contribution in [2.24, 2.45) is 0 Å². The molecular formula is C50H32N4. The number of benzene rings is 8. The lowest BCUT2D eigenvalue weighted by atomic mass is 9.95. The molecule has 0 fully saturated rings. The Hall–Kier alpha value is -7.30. The van der Waals surface area contributed by atoms with E-state index in [1.807, 2.05) is 12.4 Å². The van der Waals surface area contributed by atoms with Crippen LogP contribution in [0.4, 0.5) is 0 Å². The number of hydrogen-bond donors (Lipinski definition) is 0. The SMILES string of the molecule is c1ccc(-c2cc(-c3ccccc3)cc(-c3cncc(-n4c5ccccc5c5c6ccccc6c6c(c7ccccc7n6-c6ccccc6)c54)n3)c2)cc1. The van der Waals surface area contributed by atoms with Gasteiger partial charge in [0.15, 0.2) is 5.82 Å². The van der Waals surface area contributed by atoms with Crippen molar-refractivity contribution < 1.29 is 0 Å². The molecule has 11 aromatic rings. The first-order valence-corrected chi connectivity index (χ1v) is 18.3. The first kappa shape index (κ1) is 30.3. The monoisotopic (exact) mass is 688 g/mol. The minimum Gasteiger partial charge on any atom is -0.309 e. The van der Waals surface area contributed by atoms with E-state index in [-0.39, 0.29) is 0 Å². The molecule has 4 heteroatoms. The van der Waals surface area contributed by atoms with Crippen LogP contribution in [-0.2, 0) is 0 Å². The second kappa shape index (κ2) is 12.1. The maximum absolute atomic E-state index is 5.48. The van der Waals surface area contributed by atoms with Crippen LogP contribution >= 0.6 is 0 Å². The Bertz CT molecular complexity index is 3140. The maximum Gasteiger partial charge on any atom is 0.156 e. The van der Waals surface area contributed by atoms with Crippen molar-refractivity contribution in [2.45, 2.75) is 0 Å². The molecule has 0 saturated heterocycles. The highest BCUT2D eigenvalue weighted by molar-refractivity contribution is 6.36. The van der Waals surface area contributed by atoms with Gasteiger partial charge in [-0.3, -0.25) is 9.55 Å². The molecule has 0 bridgehead atoms. The highest BCUT2D eigenvalue weighted by atomic mass is 15.1. The maximum atomic E-state index is 5.48. The molecule has 0 aliphatic rings. The summed E-state index contributed by atoms with van der Waals surface area (Å²) in [5, 5.41) is 7.23. The van der Waals surface area contributed by atoms with Crippen LogP contribution in [0.2, 0.25) is 0 Å². The number of para-hydroxylation sites is 3. The van der Waals surface area contributed by atoms with Crippen LogP contribution in [0.15, 0.2) is 194 Å². The fourth-order valence-electron chi connectivity index (χ4n) is 8.45. The van der Waals surface area contributed by atoms with E-state index in [2.05, 4.69) is 191 Å². The molecule has 11 rings (SSSR count). The van der Waals surface area contributed by atoms with Gasteiger partial charge in [-0.25, -0.2) is 4.98 Å². The standard InChI is InChI=1S/C50H32N4/c1-4-16-33(17-5-1)35-28-36(34-18-6-2-7-19-34)30-37(29-35)43-31-51-32-46(52-43)54-45-27-15-12-24-41(45)47-39-22-10-11-23-40(39)49-48(50(47)54)42-25-13-14-26-44(42)53(49)38-20-8-3-9-21-38/h1-32H. The Labute approximate surface area is 311 Å². The Morgan fingerprint density at radius 3 is 1.50 bits per heavy atom. The van der Waals surface area contributed by atoms with Crippen molar-refractivity contribution in [2.75, 3.05) is 0 Å². The number of aromatic nitrogens is 4. The molecule has 0 aliphatic carbocycles. The number of rotatable bonds is 5. The molecule has 0 unspecified atom stereocenters. The number of hydrogen-bond acceptors (Lipinski definition) is 2. The second-order valence-electron chi connectivity index (χ2n) is 13.8. The molecule has 0 amide bonds. The number of fused-ring (bicyclic) bond motifs is 10. The van der Waals surface area contributed by atoms with E-state index in [9.17, 15) is 0 Å². The van der Waals surface area contributed by atoms with Gasteiger partial charge in [0, 0.05) is 38.2 Å². The summed E-state index contributed by atoms with van der Waals surface area (Å²) >= 11 is 0.